The van der Waals surface area contributed by atoms with Crippen LogP contribution in [-0.4, -0.2) is 9.97 Å². The van der Waals surface area contributed by atoms with Crippen LogP contribution in [0.4, 0.5) is 5.69 Å². The number of anilines is 1. The summed E-state index contributed by atoms with van der Waals surface area (Å²) in [5.41, 5.74) is 10.7. The van der Waals surface area contributed by atoms with E-state index in [9.17, 15) is 0 Å². The molecule has 0 saturated heterocycles. The van der Waals surface area contributed by atoms with Gasteiger partial charge in [-0.05, 0) is 30.7 Å². The standard InChI is InChI=1S/C14H12ClN3S/c1-8-3-2-4-9(16)12(8)14-13(17-7-18-14)10-5-6-11(15)19-10/h2-7H,16H2,1H3,(H,17,18). The van der Waals surface area contributed by atoms with Crippen molar-refractivity contribution in [1.82, 2.24) is 9.97 Å². The monoisotopic (exact) mass is 289 g/mol. The van der Waals surface area contributed by atoms with Crippen molar-refractivity contribution >= 4 is 28.6 Å². The number of aromatic nitrogens is 2. The Hall–Kier alpha value is -1.78. The normalized spacial score (nSPS) is 10.8. The van der Waals surface area contributed by atoms with Gasteiger partial charge < -0.3 is 10.7 Å². The molecule has 0 aliphatic rings. The maximum absolute atomic E-state index is 6.09. The molecule has 0 aliphatic carbocycles. The van der Waals surface area contributed by atoms with Crippen molar-refractivity contribution in [2.45, 2.75) is 6.92 Å². The van der Waals surface area contributed by atoms with Gasteiger partial charge in [0.15, 0.2) is 0 Å². The highest BCUT2D eigenvalue weighted by Crippen LogP contribution is 2.38. The quantitative estimate of drug-likeness (QED) is 0.689. The first kappa shape index (κ1) is 12.3. The average molecular weight is 290 g/mol. The highest BCUT2D eigenvalue weighted by Gasteiger charge is 2.16. The molecule has 2 aromatic heterocycles. The number of aromatic amines is 1. The summed E-state index contributed by atoms with van der Waals surface area (Å²) < 4.78 is 0.758. The fourth-order valence-corrected chi connectivity index (χ4v) is 3.19. The molecule has 0 fully saturated rings. The number of imidazole rings is 1. The summed E-state index contributed by atoms with van der Waals surface area (Å²) in [5.74, 6) is 0. The Bertz CT molecular complexity index is 710. The minimum absolute atomic E-state index is 0.732. The molecule has 3 rings (SSSR count). The van der Waals surface area contributed by atoms with Crippen LogP contribution in [0.25, 0.3) is 21.8 Å². The first-order valence-corrected chi connectivity index (χ1v) is 7.01. The number of H-pyrrole nitrogens is 1. The Morgan fingerprint density at radius 1 is 1.26 bits per heavy atom. The summed E-state index contributed by atoms with van der Waals surface area (Å²) in [6.07, 6.45) is 1.68. The Kier molecular flexibility index (Phi) is 3.05. The van der Waals surface area contributed by atoms with Gasteiger partial charge in [-0.25, -0.2) is 4.98 Å². The number of nitrogens with one attached hydrogen (secondary N) is 1. The minimum Gasteiger partial charge on any atom is -0.398 e. The van der Waals surface area contributed by atoms with E-state index in [1.54, 1.807) is 6.33 Å². The maximum Gasteiger partial charge on any atom is 0.0992 e. The van der Waals surface area contributed by atoms with Gasteiger partial charge in [0.25, 0.3) is 0 Å². The van der Waals surface area contributed by atoms with Gasteiger partial charge in [-0.2, -0.15) is 0 Å². The van der Waals surface area contributed by atoms with Crippen LogP contribution in [0.15, 0.2) is 36.7 Å². The van der Waals surface area contributed by atoms with Crippen molar-refractivity contribution in [1.29, 1.82) is 0 Å². The molecule has 0 saturated carbocycles. The van der Waals surface area contributed by atoms with E-state index in [-0.39, 0.29) is 0 Å². The summed E-state index contributed by atoms with van der Waals surface area (Å²) in [6.45, 7) is 2.03. The molecule has 0 bridgehead atoms. The summed E-state index contributed by atoms with van der Waals surface area (Å²) in [4.78, 5) is 8.65. The van der Waals surface area contributed by atoms with Gasteiger partial charge in [-0.15, -0.1) is 11.3 Å². The highest BCUT2D eigenvalue weighted by molar-refractivity contribution is 7.19. The molecular formula is C14H12ClN3S. The lowest BCUT2D eigenvalue weighted by atomic mass is 10.0. The molecule has 0 spiro atoms. The smallest absolute Gasteiger partial charge is 0.0992 e. The molecular weight excluding hydrogens is 278 g/mol. The summed E-state index contributed by atoms with van der Waals surface area (Å²) in [7, 11) is 0. The third kappa shape index (κ3) is 2.13. The second-order valence-electron chi connectivity index (χ2n) is 4.27. The van der Waals surface area contributed by atoms with E-state index in [0.717, 1.165) is 37.4 Å². The number of halogens is 1. The molecule has 1 aromatic carbocycles. The molecule has 0 unspecified atom stereocenters. The third-order valence-corrected chi connectivity index (χ3v) is 4.25. The van der Waals surface area contributed by atoms with E-state index in [1.165, 1.54) is 11.3 Å². The Balaban J connectivity index is 2.20. The van der Waals surface area contributed by atoms with Gasteiger partial charge in [0.2, 0.25) is 0 Å². The van der Waals surface area contributed by atoms with Crippen molar-refractivity contribution in [2.75, 3.05) is 5.73 Å². The number of hydrogen-bond acceptors (Lipinski definition) is 3. The van der Waals surface area contributed by atoms with Crippen molar-refractivity contribution in [3.05, 3.63) is 46.6 Å². The van der Waals surface area contributed by atoms with Crippen LogP contribution in [0.2, 0.25) is 4.34 Å². The minimum atomic E-state index is 0.732. The fraction of sp³-hybridized carbons (Fsp3) is 0.0714. The fourth-order valence-electron chi connectivity index (χ4n) is 2.13. The SMILES string of the molecule is Cc1cccc(N)c1-c1nc[nH]c1-c1ccc(Cl)s1. The number of benzene rings is 1. The van der Waals surface area contributed by atoms with Crippen molar-refractivity contribution in [2.24, 2.45) is 0 Å². The lowest BCUT2D eigenvalue weighted by Crippen LogP contribution is -1.94. The predicted octanol–water partition coefficient (Wildman–Crippen LogP) is 4.35. The van der Waals surface area contributed by atoms with E-state index < -0.39 is 0 Å². The number of nitrogens with zero attached hydrogens (tertiary/aromatic N) is 1. The second kappa shape index (κ2) is 4.72. The van der Waals surface area contributed by atoms with Gasteiger partial charge in [0, 0.05) is 11.3 Å². The van der Waals surface area contributed by atoms with E-state index in [0.29, 0.717) is 0 Å². The molecule has 3 aromatic rings. The van der Waals surface area contributed by atoms with E-state index in [1.807, 2.05) is 37.3 Å². The Labute approximate surface area is 120 Å². The summed E-state index contributed by atoms with van der Waals surface area (Å²) in [6, 6.07) is 9.74. The van der Waals surface area contributed by atoms with Crippen molar-refractivity contribution in [3.8, 4) is 21.8 Å². The summed E-state index contributed by atoms with van der Waals surface area (Å²) in [5, 5.41) is 0. The lowest BCUT2D eigenvalue weighted by molar-refractivity contribution is 1.31. The topological polar surface area (TPSA) is 54.7 Å². The molecule has 2 heterocycles. The van der Waals surface area contributed by atoms with Gasteiger partial charge in [0.05, 0.1) is 26.9 Å². The molecule has 0 radical (unpaired) electrons. The number of aryl methyl sites for hydroxylation is 1. The second-order valence-corrected chi connectivity index (χ2v) is 5.98. The number of nitrogen functional groups attached to an aromatic ring is 1. The molecule has 19 heavy (non-hydrogen) atoms. The summed E-state index contributed by atoms with van der Waals surface area (Å²) >= 11 is 7.52. The maximum atomic E-state index is 6.09. The molecule has 0 atom stereocenters. The highest BCUT2D eigenvalue weighted by atomic mass is 35.5. The van der Waals surface area contributed by atoms with Gasteiger partial charge >= 0.3 is 0 Å². The third-order valence-electron chi connectivity index (χ3n) is 3.00. The van der Waals surface area contributed by atoms with Crippen LogP contribution >= 0.6 is 22.9 Å². The molecule has 0 aliphatic heterocycles. The zero-order valence-electron chi connectivity index (χ0n) is 10.3. The Morgan fingerprint density at radius 2 is 2.11 bits per heavy atom. The number of thiophene rings is 1. The zero-order valence-corrected chi connectivity index (χ0v) is 11.8. The lowest BCUT2D eigenvalue weighted by Gasteiger charge is -2.08. The van der Waals surface area contributed by atoms with E-state index in [2.05, 4.69) is 9.97 Å². The van der Waals surface area contributed by atoms with Gasteiger partial charge in [-0.1, -0.05) is 23.7 Å². The molecule has 0 amide bonds. The van der Waals surface area contributed by atoms with Crippen molar-refractivity contribution in [3.63, 3.8) is 0 Å². The predicted molar refractivity (Wildman–Crippen MR) is 81.5 cm³/mol. The first-order valence-electron chi connectivity index (χ1n) is 5.81. The molecule has 3 N–H and O–H groups in total. The van der Waals surface area contributed by atoms with Crippen molar-refractivity contribution < 1.29 is 0 Å². The number of rotatable bonds is 2. The van der Waals surface area contributed by atoms with Crippen LogP contribution in [0, 0.1) is 6.92 Å². The molecule has 5 heteroatoms. The Morgan fingerprint density at radius 3 is 2.79 bits per heavy atom. The average Bonchev–Trinajstić information content (AvgIpc) is 2.97. The molecule has 96 valence electrons. The first-order chi connectivity index (χ1) is 9.16. The van der Waals surface area contributed by atoms with Crippen LogP contribution in [-0.2, 0) is 0 Å². The van der Waals surface area contributed by atoms with Gasteiger partial charge in [0.1, 0.15) is 0 Å². The van der Waals surface area contributed by atoms with Gasteiger partial charge in [-0.3, -0.25) is 0 Å². The van der Waals surface area contributed by atoms with Crippen LogP contribution in [0.1, 0.15) is 5.56 Å². The zero-order chi connectivity index (χ0) is 13.4. The van der Waals surface area contributed by atoms with E-state index >= 15 is 0 Å². The largest absolute Gasteiger partial charge is 0.398 e. The van der Waals surface area contributed by atoms with Crippen LogP contribution < -0.4 is 5.73 Å². The van der Waals surface area contributed by atoms with Crippen LogP contribution in [0.3, 0.4) is 0 Å². The molecule has 3 nitrogen and oxygen atoms in total. The van der Waals surface area contributed by atoms with E-state index in [4.69, 9.17) is 17.3 Å². The number of hydrogen-bond donors (Lipinski definition) is 2. The van der Waals surface area contributed by atoms with Crippen LogP contribution in [0.5, 0.6) is 0 Å². The number of nitrogens with two attached hydrogens (primary N) is 1.